The van der Waals surface area contributed by atoms with Crippen LogP contribution in [0.2, 0.25) is 0 Å². The lowest BCUT2D eigenvalue weighted by Gasteiger charge is -2.15. The van der Waals surface area contributed by atoms with E-state index in [-0.39, 0.29) is 23.0 Å². The Kier molecular flexibility index (Phi) is 3.98. The summed E-state index contributed by atoms with van der Waals surface area (Å²) in [5, 5.41) is 8.95. The molecule has 4 nitrogen and oxygen atoms in total. The lowest BCUT2D eigenvalue weighted by molar-refractivity contribution is 0.0695. The average Bonchev–Trinajstić information content (AvgIpc) is 2.41. The third-order valence-corrected chi connectivity index (χ3v) is 3.10. The Morgan fingerprint density at radius 3 is 2.50 bits per heavy atom. The number of nitrogens with zero attached hydrogens (tertiary/aromatic N) is 1. The second-order valence-electron chi connectivity index (χ2n) is 4.65. The third-order valence-electron chi connectivity index (χ3n) is 3.10. The van der Waals surface area contributed by atoms with Gasteiger partial charge in [0.25, 0.3) is 5.56 Å². The topological polar surface area (TPSA) is 59.3 Å². The molecule has 1 N–H and O–H groups in total. The van der Waals surface area contributed by atoms with Crippen LogP contribution < -0.4 is 5.56 Å². The Morgan fingerprint density at radius 2 is 1.90 bits per heavy atom. The first kappa shape index (κ1) is 14.0. The van der Waals surface area contributed by atoms with Gasteiger partial charge in [0.05, 0.1) is 5.56 Å². The molecule has 1 aromatic heterocycles. The number of rotatable bonds is 4. The summed E-state index contributed by atoms with van der Waals surface area (Å²) in [6, 6.07) is 8.33. The Bertz CT molecular complexity index is 676. The van der Waals surface area contributed by atoms with Gasteiger partial charge >= 0.3 is 5.97 Å². The number of benzene rings is 1. The van der Waals surface area contributed by atoms with E-state index in [0.29, 0.717) is 6.42 Å². The smallest absolute Gasteiger partial charge is 0.337 e. The van der Waals surface area contributed by atoms with Gasteiger partial charge in [0.1, 0.15) is 5.82 Å². The number of halogens is 1. The maximum absolute atomic E-state index is 12.8. The number of aromatic nitrogens is 1. The van der Waals surface area contributed by atoms with Crippen LogP contribution in [0.25, 0.3) is 0 Å². The molecule has 2 rings (SSSR count). The van der Waals surface area contributed by atoms with E-state index >= 15 is 0 Å². The molecule has 0 aliphatic rings. The molecule has 0 aliphatic carbocycles. The summed E-state index contributed by atoms with van der Waals surface area (Å²) in [5.74, 6) is -1.39. The highest BCUT2D eigenvalue weighted by atomic mass is 19.1. The predicted molar refractivity (Wildman–Crippen MR) is 72.5 cm³/mol. The number of carboxylic acid groups (broad SMARTS) is 1. The van der Waals surface area contributed by atoms with Crippen molar-refractivity contribution < 1.29 is 14.3 Å². The van der Waals surface area contributed by atoms with Crippen molar-refractivity contribution in [2.75, 3.05) is 0 Å². The lowest BCUT2D eigenvalue weighted by atomic mass is 10.1. The van der Waals surface area contributed by atoms with E-state index in [1.807, 2.05) is 6.92 Å². The summed E-state index contributed by atoms with van der Waals surface area (Å²) >= 11 is 0. The fourth-order valence-electron chi connectivity index (χ4n) is 2.03. The van der Waals surface area contributed by atoms with Crippen molar-refractivity contribution in [3.05, 3.63) is 69.9 Å². The molecule has 104 valence electrons. The van der Waals surface area contributed by atoms with Gasteiger partial charge in [-0.2, -0.15) is 0 Å². The summed E-state index contributed by atoms with van der Waals surface area (Å²) in [6.45, 7) is 1.82. The second kappa shape index (κ2) is 5.69. The molecule has 1 heterocycles. The number of hydrogen-bond acceptors (Lipinski definition) is 2. The van der Waals surface area contributed by atoms with Crippen molar-refractivity contribution in [3.8, 4) is 0 Å². The van der Waals surface area contributed by atoms with Crippen molar-refractivity contribution in [1.29, 1.82) is 0 Å². The van der Waals surface area contributed by atoms with Crippen LogP contribution in [0, 0.1) is 5.82 Å². The Labute approximate surface area is 115 Å². The first-order valence-corrected chi connectivity index (χ1v) is 6.17. The Hall–Kier alpha value is -2.43. The van der Waals surface area contributed by atoms with Crippen molar-refractivity contribution in [2.24, 2.45) is 0 Å². The molecule has 2 aromatic rings. The number of pyridine rings is 1. The minimum atomic E-state index is -1.08. The minimum Gasteiger partial charge on any atom is -0.478 e. The molecule has 0 spiro atoms. The van der Waals surface area contributed by atoms with Crippen LogP contribution >= 0.6 is 0 Å². The summed E-state index contributed by atoms with van der Waals surface area (Å²) in [4.78, 5) is 22.7. The SMILES string of the molecule is CC(Cc1ccc(F)cc1)n1cc(C(=O)O)ccc1=O. The van der Waals surface area contributed by atoms with Crippen LogP contribution in [-0.2, 0) is 6.42 Å². The normalized spacial score (nSPS) is 12.1. The average molecular weight is 275 g/mol. The van der Waals surface area contributed by atoms with Gasteiger partial charge in [-0.1, -0.05) is 12.1 Å². The van der Waals surface area contributed by atoms with Crippen molar-refractivity contribution >= 4 is 5.97 Å². The van der Waals surface area contributed by atoms with Gasteiger partial charge in [0, 0.05) is 18.3 Å². The Balaban J connectivity index is 2.26. The van der Waals surface area contributed by atoms with E-state index in [4.69, 9.17) is 5.11 Å². The summed E-state index contributed by atoms with van der Waals surface area (Å²) in [7, 11) is 0. The highest BCUT2D eigenvalue weighted by Gasteiger charge is 2.11. The summed E-state index contributed by atoms with van der Waals surface area (Å²) in [6.07, 6.45) is 1.85. The zero-order valence-electron chi connectivity index (χ0n) is 10.9. The zero-order valence-corrected chi connectivity index (χ0v) is 10.9. The first-order chi connectivity index (χ1) is 9.47. The molecular formula is C15H14FNO3. The molecule has 1 unspecified atom stereocenters. The van der Waals surface area contributed by atoms with Crippen LogP contribution in [0.3, 0.4) is 0 Å². The zero-order chi connectivity index (χ0) is 14.7. The van der Waals surface area contributed by atoms with E-state index in [2.05, 4.69) is 0 Å². The van der Waals surface area contributed by atoms with Crippen molar-refractivity contribution in [2.45, 2.75) is 19.4 Å². The lowest BCUT2D eigenvalue weighted by Crippen LogP contribution is -2.24. The molecule has 0 amide bonds. The van der Waals surface area contributed by atoms with Crippen LogP contribution in [0.1, 0.15) is 28.9 Å². The van der Waals surface area contributed by atoms with Crippen LogP contribution in [-0.4, -0.2) is 15.6 Å². The molecule has 0 radical (unpaired) electrons. The fourth-order valence-corrected chi connectivity index (χ4v) is 2.03. The van der Waals surface area contributed by atoms with Gasteiger partial charge in [-0.05, 0) is 37.1 Å². The maximum atomic E-state index is 12.8. The molecule has 0 saturated carbocycles. The van der Waals surface area contributed by atoms with Crippen LogP contribution in [0.15, 0.2) is 47.4 Å². The third kappa shape index (κ3) is 3.12. The summed E-state index contributed by atoms with van der Waals surface area (Å²) < 4.78 is 14.2. The van der Waals surface area contributed by atoms with Crippen LogP contribution in [0.4, 0.5) is 4.39 Å². The van der Waals surface area contributed by atoms with E-state index < -0.39 is 5.97 Å². The van der Waals surface area contributed by atoms with Gasteiger partial charge in [0.15, 0.2) is 0 Å². The number of carboxylic acids is 1. The molecule has 1 atom stereocenters. The fraction of sp³-hybridized carbons (Fsp3) is 0.200. The van der Waals surface area contributed by atoms with Gasteiger partial charge in [-0.25, -0.2) is 9.18 Å². The van der Waals surface area contributed by atoms with Gasteiger partial charge in [0.2, 0.25) is 0 Å². The molecule has 20 heavy (non-hydrogen) atoms. The van der Waals surface area contributed by atoms with E-state index in [9.17, 15) is 14.0 Å². The van der Waals surface area contributed by atoms with E-state index in [1.54, 1.807) is 12.1 Å². The minimum absolute atomic E-state index is 0.0653. The molecule has 0 saturated heterocycles. The Morgan fingerprint density at radius 1 is 1.25 bits per heavy atom. The first-order valence-electron chi connectivity index (χ1n) is 6.17. The maximum Gasteiger partial charge on any atom is 0.337 e. The van der Waals surface area contributed by atoms with Gasteiger partial charge in [-0.15, -0.1) is 0 Å². The predicted octanol–water partition coefficient (Wildman–Crippen LogP) is 2.49. The van der Waals surface area contributed by atoms with E-state index in [0.717, 1.165) is 5.56 Å². The second-order valence-corrected chi connectivity index (χ2v) is 4.65. The monoisotopic (exact) mass is 275 g/mol. The molecule has 0 aliphatic heterocycles. The summed E-state index contributed by atoms with van der Waals surface area (Å²) in [5.41, 5.74) is 0.687. The standard InChI is InChI=1S/C15H14FNO3/c1-10(8-11-2-5-13(16)6-3-11)17-9-12(15(19)20)4-7-14(17)18/h2-7,9-10H,8H2,1H3,(H,19,20). The number of aromatic carboxylic acids is 1. The van der Waals surface area contributed by atoms with Crippen molar-refractivity contribution in [1.82, 2.24) is 4.57 Å². The molecule has 1 aromatic carbocycles. The highest BCUT2D eigenvalue weighted by Crippen LogP contribution is 2.13. The number of hydrogen-bond donors (Lipinski definition) is 1. The molecule has 0 bridgehead atoms. The van der Waals surface area contributed by atoms with E-state index in [1.165, 1.54) is 35.0 Å². The quantitative estimate of drug-likeness (QED) is 0.932. The molecule has 5 heteroatoms. The largest absolute Gasteiger partial charge is 0.478 e. The van der Waals surface area contributed by atoms with Crippen molar-refractivity contribution in [3.63, 3.8) is 0 Å². The molecule has 0 fully saturated rings. The van der Waals surface area contributed by atoms with Gasteiger partial charge in [-0.3, -0.25) is 4.79 Å². The highest BCUT2D eigenvalue weighted by molar-refractivity contribution is 5.87. The number of carbonyl (C=O) groups is 1. The molecular weight excluding hydrogens is 261 g/mol. The van der Waals surface area contributed by atoms with Gasteiger partial charge < -0.3 is 9.67 Å². The van der Waals surface area contributed by atoms with Crippen LogP contribution in [0.5, 0.6) is 0 Å².